The van der Waals surface area contributed by atoms with Gasteiger partial charge < -0.3 is 0 Å². The van der Waals surface area contributed by atoms with E-state index in [1.54, 1.807) is 28.7 Å². The fourth-order valence-electron chi connectivity index (χ4n) is 4.22. The lowest BCUT2D eigenvalue weighted by atomic mass is 10.1. The zero-order valence-corrected chi connectivity index (χ0v) is 20.4. The molecule has 0 bridgehead atoms. The Morgan fingerprint density at radius 2 is 1.71 bits per heavy atom. The second-order valence-corrected chi connectivity index (χ2v) is 11.1. The van der Waals surface area contributed by atoms with Crippen LogP contribution in [0.25, 0.3) is 22.0 Å². The van der Waals surface area contributed by atoms with E-state index < -0.39 is 10.0 Å². The third-order valence-corrected chi connectivity index (χ3v) is 8.67. The fraction of sp³-hybridized carbons (Fsp3) is 0.231. The molecule has 0 spiro atoms. The van der Waals surface area contributed by atoms with Crippen molar-refractivity contribution < 1.29 is 8.42 Å². The van der Waals surface area contributed by atoms with E-state index in [4.69, 9.17) is 0 Å². The number of sulfonamides is 1. The second kappa shape index (κ2) is 10.0. The maximum Gasteiger partial charge on any atom is 0.243 e. The standard InChI is InChI=1S/C26H26N4O2S2/c31-34(32,30-15-5-1-2-6-16-30)23-13-8-11-21(17-23)25-19-33-26(28-25)29-27-18-22-12-7-10-20-9-3-4-14-24(20)22/h3-4,7-14,17-19H,1-2,5-6,15-16H2,(H,28,29)/b27-18+. The zero-order valence-electron chi connectivity index (χ0n) is 18.7. The molecule has 1 fully saturated rings. The van der Waals surface area contributed by atoms with E-state index in [1.807, 2.05) is 35.7 Å². The number of aromatic nitrogens is 1. The largest absolute Gasteiger partial charge is 0.253 e. The normalized spacial score (nSPS) is 15.5. The summed E-state index contributed by atoms with van der Waals surface area (Å²) in [5.41, 5.74) is 5.52. The van der Waals surface area contributed by atoms with Crippen molar-refractivity contribution in [3.8, 4) is 11.3 Å². The molecule has 34 heavy (non-hydrogen) atoms. The van der Waals surface area contributed by atoms with Crippen molar-refractivity contribution in [2.75, 3.05) is 18.5 Å². The molecule has 1 saturated heterocycles. The Morgan fingerprint density at radius 1 is 0.941 bits per heavy atom. The van der Waals surface area contributed by atoms with Crippen molar-refractivity contribution in [2.24, 2.45) is 5.10 Å². The van der Waals surface area contributed by atoms with Crippen LogP contribution in [0.3, 0.4) is 0 Å². The highest BCUT2D eigenvalue weighted by molar-refractivity contribution is 7.89. The summed E-state index contributed by atoms with van der Waals surface area (Å²) in [7, 11) is -3.50. The molecule has 0 unspecified atom stereocenters. The highest BCUT2D eigenvalue weighted by atomic mass is 32.2. The molecule has 0 aliphatic carbocycles. The number of hydrogen-bond acceptors (Lipinski definition) is 6. The van der Waals surface area contributed by atoms with Crippen LogP contribution in [0.4, 0.5) is 5.13 Å². The first-order valence-electron chi connectivity index (χ1n) is 11.4. The van der Waals surface area contributed by atoms with E-state index >= 15 is 0 Å². The highest BCUT2D eigenvalue weighted by Crippen LogP contribution is 2.28. The van der Waals surface area contributed by atoms with E-state index in [9.17, 15) is 8.42 Å². The lowest BCUT2D eigenvalue weighted by Crippen LogP contribution is -2.31. The molecule has 1 aliphatic rings. The van der Waals surface area contributed by atoms with Crippen molar-refractivity contribution >= 4 is 43.5 Å². The number of anilines is 1. The first-order valence-corrected chi connectivity index (χ1v) is 13.8. The van der Waals surface area contributed by atoms with Gasteiger partial charge in [0, 0.05) is 29.6 Å². The summed E-state index contributed by atoms with van der Waals surface area (Å²) >= 11 is 1.43. The van der Waals surface area contributed by atoms with E-state index in [-0.39, 0.29) is 0 Å². The molecule has 2 heterocycles. The smallest absolute Gasteiger partial charge is 0.243 e. The minimum absolute atomic E-state index is 0.323. The molecule has 8 heteroatoms. The average Bonchev–Trinajstić information content (AvgIpc) is 3.16. The third-order valence-electron chi connectivity index (χ3n) is 6.02. The van der Waals surface area contributed by atoms with E-state index in [2.05, 4.69) is 33.7 Å². The van der Waals surface area contributed by atoms with Crippen LogP contribution >= 0.6 is 11.3 Å². The average molecular weight is 491 g/mol. The molecule has 0 radical (unpaired) electrons. The van der Waals surface area contributed by atoms with Gasteiger partial charge >= 0.3 is 0 Å². The van der Waals surface area contributed by atoms with Gasteiger partial charge in [0.05, 0.1) is 16.8 Å². The molecule has 1 N–H and O–H groups in total. The van der Waals surface area contributed by atoms with Crippen LogP contribution < -0.4 is 5.43 Å². The topological polar surface area (TPSA) is 74.7 Å². The van der Waals surface area contributed by atoms with Crippen molar-refractivity contribution in [1.29, 1.82) is 0 Å². The quantitative estimate of drug-likeness (QED) is 0.267. The Hall–Kier alpha value is -3.07. The van der Waals surface area contributed by atoms with Gasteiger partial charge in [-0.25, -0.2) is 13.4 Å². The molecule has 1 aliphatic heterocycles. The SMILES string of the molecule is O=S(=O)(c1cccc(-c2csc(N/N=C/c3cccc4ccccc34)n2)c1)N1CCCCCC1. The number of hydrazone groups is 1. The third kappa shape index (κ3) is 4.89. The van der Waals surface area contributed by atoms with Gasteiger partial charge in [-0.1, -0.05) is 67.4 Å². The zero-order chi connectivity index (χ0) is 23.4. The lowest BCUT2D eigenvalue weighted by Gasteiger charge is -2.20. The Labute approximate surface area is 204 Å². The Balaban J connectivity index is 1.32. The summed E-state index contributed by atoms with van der Waals surface area (Å²) in [6.07, 6.45) is 5.80. The predicted octanol–water partition coefficient (Wildman–Crippen LogP) is 5.97. The van der Waals surface area contributed by atoms with Crippen molar-refractivity contribution in [3.63, 3.8) is 0 Å². The summed E-state index contributed by atoms with van der Waals surface area (Å²) in [6.45, 7) is 1.18. The first-order chi connectivity index (χ1) is 16.6. The molecule has 6 nitrogen and oxygen atoms in total. The molecule has 4 aromatic rings. The van der Waals surface area contributed by atoms with Gasteiger partial charge in [0.2, 0.25) is 15.2 Å². The van der Waals surface area contributed by atoms with Crippen LogP contribution in [0, 0.1) is 0 Å². The van der Waals surface area contributed by atoms with Gasteiger partial charge in [0.1, 0.15) is 0 Å². The Kier molecular flexibility index (Phi) is 6.71. The monoisotopic (exact) mass is 490 g/mol. The van der Waals surface area contributed by atoms with Gasteiger partial charge in [-0.15, -0.1) is 11.3 Å². The maximum atomic E-state index is 13.2. The summed E-state index contributed by atoms with van der Waals surface area (Å²) in [5, 5.41) is 9.22. The Bertz CT molecular complexity index is 1420. The lowest BCUT2D eigenvalue weighted by molar-refractivity contribution is 0.424. The van der Waals surface area contributed by atoms with Crippen molar-refractivity contribution in [3.05, 3.63) is 77.7 Å². The number of nitrogens with one attached hydrogen (secondary N) is 1. The number of thiazole rings is 1. The van der Waals surface area contributed by atoms with Gasteiger partial charge in [-0.05, 0) is 35.7 Å². The number of hydrogen-bond donors (Lipinski definition) is 1. The van der Waals surface area contributed by atoms with Gasteiger partial charge in [-0.2, -0.15) is 9.41 Å². The van der Waals surface area contributed by atoms with E-state index in [1.165, 1.54) is 11.3 Å². The van der Waals surface area contributed by atoms with Crippen LogP contribution in [-0.4, -0.2) is 37.0 Å². The van der Waals surface area contributed by atoms with Gasteiger partial charge in [0.25, 0.3) is 0 Å². The minimum Gasteiger partial charge on any atom is -0.253 e. The fourth-order valence-corrected chi connectivity index (χ4v) is 6.46. The van der Waals surface area contributed by atoms with Gasteiger partial charge in [-0.3, -0.25) is 5.43 Å². The number of benzene rings is 3. The molecule has 5 rings (SSSR count). The molecule has 3 aromatic carbocycles. The molecule has 1 aromatic heterocycles. The summed E-state index contributed by atoms with van der Waals surface area (Å²) in [5.74, 6) is 0. The van der Waals surface area contributed by atoms with E-state index in [0.29, 0.717) is 23.1 Å². The summed E-state index contributed by atoms with van der Waals surface area (Å²) in [6, 6.07) is 21.4. The molecule has 0 amide bonds. The molecule has 0 saturated carbocycles. The van der Waals surface area contributed by atoms with Gasteiger partial charge in [0.15, 0.2) is 0 Å². The molecule has 0 atom stereocenters. The highest BCUT2D eigenvalue weighted by Gasteiger charge is 2.25. The van der Waals surface area contributed by atoms with Crippen LogP contribution in [0.5, 0.6) is 0 Å². The molecular weight excluding hydrogens is 464 g/mol. The van der Waals surface area contributed by atoms with Crippen molar-refractivity contribution in [2.45, 2.75) is 30.6 Å². The van der Waals surface area contributed by atoms with Crippen molar-refractivity contribution in [1.82, 2.24) is 9.29 Å². The minimum atomic E-state index is -3.50. The maximum absolute atomic E-state index is 13.2. The van der Waals surface area contributed by atoms with Crippen LogP contribution in [0.15, 0.2) is 82.1 Å². The number of rotatable bonds is 6. The number of nitrogens with zero attached hydrogens (tertiary/aromatic N) is 3. The van der Waals surface area contributed by atoms with Crippen LogP contribution in [0.2, 0.25) is 0 Å². The second-order valence-electron chi connectivity index (χ2n) is 8.32. The van der Waals surface area contributed by atoms with E-state index in [0.717, 1.165) is 53.3 Å². The molecule has 174 valence electrons. The van der Waals surface area contributed by atoms with Crippen LogP contribution in [0.1, 0.15) is 31.2 Å². The summed E-state index contributed by atoms with van der Waals surface area (Å²) in [4.78, 5) is 4.93. The Morgan fingerprint density at radius 3 is 2.56 bits per heavy atom. The predicted molar refractivity (Wildman–Crippen MR) is 140 cm³/mol. The first kappa shape index (κ1) is 22.7. The molecular formula is C26H26N4O2S2. The number of fused-ring (bicyclic) bond motifs is 1. The summed E-state index contributed by atoms with van der Waals surface area (Å²) < 4.78 is 28.0. The van der Waals surface area contributed by atoms with Crippen LogP contribution in [-0.2, 0) is 10.0 Å².